The molecule has 4 aliphatic heterocycles. The Kier molecular flexibility index (Phi) is 2.71. The second-order valence-corrected chi connectivity index (χ2v) is 6.49. The number of aliphatic hydroxyl groups excluding tert-OH is 1. The monoisotopic (exact) mass is 262 g/mol. The minimum Gasteiger partial charge on any atom is -0.373 e. The van der Waals surface area contributed by atoms with Gasteiger partial charge in [0.2, 0.25) is 5.91 Å². The number of piperidine rings is 3. The molecular weight excluding hydrogens is 240 g/mol. The molecule has 1 amide bonds. The fourth-order valence-electron chi connectivity index (χ4n) is 4.60. The molecule has 104 valence electrons. The number of aliphatic hydroxyl groups is 1. The third-order valence-corrected chi connectivity index (χ3v) is 5.45. The molecule has 4 aliphatic rings. The fraction of sp³-hybridized carbons (Fsp3) is 0.800. The second-order valence-electron chi connectivity index (χ2n) is 6.49. The van der Waals surface area contributed by atoms with Crippen molar-refractivity contribution < 1.29 is 9.90 Å². The molecule has 0 saturated carbocycles. The Balaban J connectivity index is 1.70. The number of carbonyl (C=O) groups excluding carboxylic acids is 1. The minimum atomic E-state index is -0.576. The highest BCUT2D eigenvalue weighted by Gasteiger charge is 2.50. The zero-order valence-corrected chi connectivity index (χ0v) is 11.3. The lowest BCUT2D eigenvalue weighted by Gasteiger charge is -2.54. The third kappa shape index (κ3) is 1.69. The van der Waals surface area contributed by atoms with E-state index in [1.54, 1.807) is 4.90 Å². The van der Waals surface area contributed by atoms with Gasteiger partial charge in [-0.05, 0) is 38.6 Å². The van der Waals surface area contributed by atoms with Crippen LogP contribution in [0.15, 0.2) is 11.8 Å². The SMILES string of the molecule is O=C1[C@@H]2C[C@H](CN3CCCC[C@@H]23)C2=CCCC(O)N12. The normalized spacial score (nSPS) is 42.5. The third-order valence-electron chi connectivity index (χ3n) is 5.45. The van der Waals surface area contributed by atoms with Crippen LogP contribution in [0.2, 0.25) is 0 Å². The maximum atomic E-state index is 12.7. The molecule has 4 heteroatoms. The van der Waals surface area contributed by atoms with Gasteiger partial charge in [-0.1, -0.05) is 12.5 Å². The molecule has 4 atom stereocenters. The number of nitrogens with zero attached hydrogens (tertiary/aromatic N) is 2. The Morgan fingerprint density at radius 1 is 1.26 bits per heavy atom. The quantitative estimate of drug-likeness (QED) is 0.716. The van der Waals surface area contributed by atoms with Gasteiger partial charge in [0.25, 0.3) is 0 Å². The molecule has 0 aromatic rings. The Morgan fingerprint density at radius 3 is 3.05 bits per heavy atom. The molecule has 2 bridgehead atoms. The summed E-state index contributed by atoms with van der Waals surface area (Å²) in [7, 11) is 0. The van der Waals surface area contributed by atoms with Crippen molar-refractivity contribution in [1.82, 2.24) is 9.80 Å². The Bertz CT molecular complexity index is 434. The Hall–Kier alpha value is -0.870. The van der Waals surface area contributed by atoms with Gasteiger partial charge in [-0.25, -0.2) is 0 Å². The molecule has 1 unspecified atom stereocenters. The summed E-state index contributed by atoms with van der Waals surface area (Å²) in [5.74, 6) is 0.780. The van der Waals surface area contributed by atoms with E-state index in [0.717, 1.165) is 38.0 Å². The highest BCUT2D eigenvalue weighted by Crippen LogP contribution is 2.44. The van der Waals surface area contributed by atoms with Crippen LogP contribution in [-0.2, 0) is 4.79 Å². The molecule has 4 rings (SSSR count). The summed E-state index contributed by atoms with van der Waals surface area (Å²) in [6, 6.07) is 0.438. The van der Waals surface area contributed by atoms with Crippen molar-refractivity contribution >= 4 is 5.91 Å². The van der Waals surface area contributed by atoms with E-state index in [2.05, 4.69) is 11.0 Å². The van der Waals surface area contributed by atoms with Gasteiger partial charge in [0, 0.05) is 24.2 Å². The lowest BCUT2D eigenvalue weighted by Crippen LogP contribution is -2.62. The van der Waals surface area contributed by atoms with E-state index >= 15 is 0 Å². The van der Waals surface area contributed by atoms with Crippen LogP contribution in [0.5, 0.6) is 0 Å². The average Bonchev–Trinajstić information content (AvgIpc) is 2.44. The summed E-state index contributed by atoms with van der Waals surface area (Å²) < 4.78 is 0. The first-order valence-electron chi connectivity index (χ1n) is 7.71. The summed E-state index contributed by atoms with van der Waals surface area (Å²) in [6.07, 6.45) is 7.91. The topological polar surface area (TPSA) is 43.8 Å². The van der Waals surface area contributed by atoms with Gasteiger partial charge in [0.1, 0.15) is 6.23 Å². The Morgan fingerprint density at radius 2 is 2.16 bits per heavy atom. The zero-order valence-electron chi connectivity index (χ0n) is 11.3. The smallest absolute Gasteiger partial charge is 0.233 e. The first-order valence-corrected chi connectivity index (χ1v) is 7.71. The van der Waals surface area contributed by atoms with E-state index in [4.69, 9.17) is 0 Å². The minimum absolute atomic E-state index is 0.129. The molecule has 3 fully saturated rings. The van der Waals surface area contributed by atoms with Crippen molar-refractivity contribution in [2.24, 2.45) is 11.8 Å². The van der Waals surface area contributed by atoms with Crippen LogP contribution in [0, 0.1) is 11.8 Å². The number of rotatable bonds is 0. The Labute approximate surface area is 114 Å². The molecule has 0 aromatic carbocycles. The van der Waals surface area contributed by atoms with E-state index in [-0.39, 0.29) is 11.8 Å². The molecule has 4 heterocycles. The van der Waals surface area contributed by atoms with Gasteiger partial charge in [0.15, 0.2) is 0 Å². The molecule has 0 spiro atoms. The maximum Gasteiger partial charge on any atom is 0.233 e. The highest BCUT2D eigenvalue weighted by atomic mass is 16.3. The largest absolute Gasteiger partial charge is 0.373 e. The zero-order chi connectivity index (χ0) is 13.0. The van der Waals surface area contributed by atoms with Crippen LogP contribution in [0.25, 0.3) is 0 Å². The number of fused-ring (bicyclic) bond motifs is 6. The fourth-order valence-corrected chi connectivity index (χ4v) is 4.60. The van der Waals surface area contributed by atoms with Crippen molar-refractivity contribution in [3.63, 3.8) is 0 Å². The van der Waals surface area contributed by atoms with E-state index < -0.39 is 6.23 Å². The number of hydrogen-bond donors (Lipinski definition) is 1. The van der Waals surface area contributed by atoms with Crippen molar-refractivity contribution in [3.05, 3.63) is 11.8 Å². The van der Waals surface area contributed by atoms with Crippen LogP contribution in [0.1, 0.15) is 38.5 Å². The van der Waals surface area contributed by atoms with Gasteiger partial charge in [-0.3, -0.25) is 14.6 Å². The maximum absolute atomic E-state index is 12.7. The van der Waals surface area contributed by atoms with Crippen LogP contribution in [-0.4, -0.2) is 46.2 Å². The summed E-state index contributed by atoms with van der Waals surface area (Å²) in [5, 5.41) is 10.2. The lowest BCUT2D eigenvalue weighted by atomic mass is 9.73. The molecule has 0 aliphatic carbocycles. The summed E-state index contributed by atoms with van der Waals surface area (Å²) >= 11 is 0. The molecule has 19 heavy (non-hydrogen) atoms. The van der Waals surface area contributed by atoms with Crippen LogP contribution < -0.4 is 0 Å². The molecule has 0 aromatic heterocycles. The summed E-state index contributed by atoms with van der Waals surface area (Å²) in [5.41, 5.74) is 1.11. The number of hydrogen-bond acceptors (Lipinski definition) is 3. The van der Waals surface area contributed by atoms with Gasteiger partial charge in [0.05, 0.1) is 5.92 Å². The predicted molar refractivity (Wildman–Crippen MR) is 71.0 cm³/mol. The number of carbonyl (C=O) groups is 1. The van der Waals surface area contributed by atoms with Crippen molar-refractivity contribution in [2.45, 2.75) is 50.8 Å². The van der Waals surface area contributed by atoms with Gasteiger partial charge in [-0.2, -0.15) is 0 Å². The summed E-state index contributed by atoms with van der Waals surface area (Å²) in [6.45, 7) is 2.24. The van der Waals surface area contributed by atoms with Crippen molar-refractivity contribution in [1.29, 1.82) is 0 Å². The molecule has 1 N–H and O–H groups in total. The molecule has 0 radical (unpaired) electrons. The van der Waals surface area contributed by atoms with Crippen LogP contribution in [0.4, 0.5) is 0 Å². The van der Waals surface area contributed by atoms with E-state index in [1.165, 1.54) is 12.8 Å². The van der Waals surface area contributed by atoms with Gasteiger partial charge < -0.3 is 5.11 Å². The van der Waals surface area contributed by atoms with E-state index in [9.17, 15) is 9.90 Å². The van der Waals surface area contributed by atoms with Crippen LogP contribution in [0.3, 0.4) is 0 Å². The average molecular weight is 262 g/mol. The number of allylic oxidation sites excluding steroid dienone is 1. The lowest BCUT2D eigenvalue weighted by molar-refractivity contribution is -0.157. The summed E-state index contributed by atoms with van der Waals surface area (Å²) in [4.78, 5) is 17.0. The highest BCUT2D eigenvalue weighted by molar-refractivity contribution is 5.83. The second kappa shape index (κ2) is 4.32. The first-order chi connectivity index (χ1) is 9.25. The van der Waals surface area contributed by atoms with Gasteiger partial charge in [-0.15, -0.1) is 0 Å². The standard InChI is InChI=1S/C15H22N2O2/c18-14-6-3-5-12-10-8-11(15(19)17(12)14)13-4-1-2-7-16(13)9-10/h5,10-11,13-14,18H,1-4,6-9H2/t10-,11-,13+,14?/m1/s1. The molecular formula is C15H22N2O2. The van der Waals surface area contributed by atoms with E-state index in [0.29, 0.717) is 18.4 Å². The van der Waals surface area contributed by atoms with E-state index in [1.807, 2.05) is 0 Å². The van der Waals surface area contributed by atoms with Crippen LogP contribution >= 0.6 is 0 Å². The molecule has 4 nitrogen and oxygen atoms in total. The van der Waals surface area contributed by atoms with Crippen molar-refractivity contribution in [3.8, 4) is 0 Å². The first kappa shape index (κ1) is 11.9. The number of amides is 1. The predicted octanol–water partition coefficient (Wildman–Crippen LogP) is 1.32. The van der Waals surface area contributed by atoms with Gasteiger partial charge >= 0.3 is 0 Å². The van der Waals surface area contributed by atoms with Crippen molar-refractivity contribution in [2.75, 3.05) is 13.1 Å². The molecule has 3 saturated heterocycles.